The molecule has 4 heteroatoms. The second kappa shape index (κ2) is 13.3. The molecule has 3 rings (SSSR count). The van der Waals surface area contributed by atoms with E-state index in [9.17, 15) is 0 Å². The van der Waals surface area contributed by atoms with Gasteiger partial charge in [-0.1, -0.05) is 12.8 Å². The monoisotopic (exact) mass is 259 g/mol. The van der Waals surface area contributed by atoms with Gasteiger partial charge in [0.15, 0.2) is 0 Å². The van der Waals surface area contributed by atoms with Crippen LogP contribution in [-0.2, 0) is 14.2 Å². The van der Waals surface area contributed by atoms with Crippen molar-refractivity contribution in [1.29, 1.82) is 0 Å². The molecule has 0 bridgehead atoms. The number of hydrogen-bond acceptors (Lipinski definition) is 4. The van der Waals surface area contributed by atoms with E-state index in [1.165, 1.54) is 38.5 Å². The Bertz CT molecular complexity index is 120. The average Bonchev–Trinajstić information content (AvgIpc) is 2.90. The maximum atomic E-state index is 5.19. The molecule has 4 nitrogen and oxygen atoms in total. The lowest BCUT2D eigenvalue weighted by Crippen LogP contribution is -2.30. The normalized spacial score (nSPS) is 24.0. The Balaban J connectivity index is 0.000000137. The Morgan fingerprint density at radius 3 is 1.11 bits per heavy atom. The summed E-state index contributed by atoms with van der Waals surface area (Å²) in [4.78, 5) is 0. The molecule has 3 fully saturated rings. The molecule has 0 aromatic carbocycles. The van der Waals surface area contributed by atoms with E-state index >= 15 is 0 Å². The van der Waals surface area contributed by atoms with E-state index in [1.807, 2.05) is 0 Å². The van der Waals surface area contributed by atoms with Crippen LogP contribution in [0.25, 0.3) is 0 Å². The number of rotatable bonds is 0. The zero-order valence-corrected chi connectivity index (χ0v) is 11.6. The first-order valence-electron chi connectivity index (χ1n) is 7.44. The molecule has 0 aromatic heterocycles. The van der Waals surface area contributed by atoms with E-state index in [0.29, 0.717) is 0 Å². The molecule has 0 saturated carbocycles. The first-order chi connectivity index (χ1) is 9.00. The summed E-state index contributed by atoms with van der Waals surface area (Å²) in [6, 6.07) is 0. The number of ether oxygens (including phenoxy) is 3. The van der Waals surface area contributed by atoms with Crippen molar-refractivity contribution < 1.29 is 14.2 Å². The molecule has 0 unspecified atom stereocenters. The van der Waals surface area contributed by atoms with Gasteiger partial charge in [-0.3, -0.25) is 0 Å². The van der Waals surface area contributed by atoms with Crippen molar-refractivity contribution in [3.05, 3.63) is 0 Å². The number of hydrogen-bond donors (Lipinski definition) is 1. The molecule has 0 radical (unpaired) electrons. The van der Waals surface area contributed by atoms with Gasteiger partial charge in [0.25, 0.3) is 0 Å². The van der Waals surface area contributed by atoms with Crippen LogP contribution >= 0.6 is 0 Å². The third kappa shape index (κ3) is 11.0. The predicted octanol–water partition coefficient (Wildman–Crippen LogP) is 1.98. The van der Waals surface area contributed by atoms with Crippen molar-refractivity contribution in [3.8, 4) is 0 Å². The Labute approximate surface area is 111 Å². The maximum absolute atomic E-state index is 5.19. The van der Waals surface area contributed by atoms with Crippen LogP contribution in [0.2, 0.25) is 0 Å². The first kappa shape index (κ1) is 15.9. The molecule has 3 aliphatic rings. The smallest absolute Gasteiger partial charge is 0.0591 e. The minimum absolute atomic E-state index is 0.889. The van der Waals surface area contributed by atoms with Crippen LogP contribution in [0.15, 0.2) is 0 Å². The number of nitrogens with one attached hydrogen (secondary N) is 1. The Morgan fingerprint density at radius 2 is 0.833 bits per heavy atom. The van der Waals surface area contributed by atoms with Crippen LogP contribution in [0.3, 0.4) is 0 Å². The van der Waals surface area contributed by atoms with Gasteiger partial charge < -0.3 is 19.5 Å². The molecule has 0 aliphatic carbocycles. The predicted molar refractivity (Wildman–Crippen MR) is 73.0 cm³/mol. The summed E-state index contributed by atoms with van der Waals surface area (Å²) in [5.74, 6) is 0. The van der Waals surface area contributed by atoms with Crippen molar-refractivity contribution in [3.63, 3.8) is 0 Å². The zero-order chi connectivity index (χ0) is 12.7. The fourth-order valence-electron chi connectivity index (χ4n) is 1.89. The van der Waals surface area contributed by atoms with Crippen LogP contribution in [-0.4, -0.2) is 52.7 Å². The highest BCUT2D eigenvalue weighted by molar-refractivity contribution is 4.49. The molecular weight excluding hydrogens is 230 g/mol. The van der Waals surface area contributed by atoms with Crippen molar-refractivity contribution in [1.82, 2.24) is 5.32 Å². The van der Waals surface area contributed by atoms with Gasteiger partial charge in [-0.2, -0.15) is 0 Å². The summed E-state index contributed by atoms with van der Waals surface area (Å²) in [7, 11) is 0. The lowest BCUT2D eigenvalue weighted by Gasteiger charge is -2.10. The van der Waals surface area contributed by atoms with Crippen molar-refractivity contribution in [2.24, 2.45) is 0 Å². The van der Waals surface area contributed by atoms with Gasteiger partial charge in [-0.25, -0.2) is 0 Å². The van der Waals surface area contributed by atoms with Crippen LogP contribution in [0, 0.1) is 0 Å². The molecule has 3 heterocycles. The Hall–Kier alpha value is -0.160. The van der Waals surface area contributed by atoms with Gasteiger partial charge in [-0.15, -0.1) is 0 Å². The largest absolute Gasteiger partial charge is 0.381 e. The lowest BCUT2D eigenvalue weighted by molar-refractivity contribution is 0.109. The van der Waals surface area contributed by atoms with E-state index in [0.717, 1.165) is 52.7 Å². The van der Waals surface area contributed by atoms with E-state index in [4.69, 9.17) is 14.2 Å². The highest BCUT2D eigenvalue weighted by Crippen LogP contribution is 2.04. The first-order valence-corrected chi connectivity index (χ1v) is 7.44. The minimum atomic E-state index is 0.889. The van der Waals surface area contributed by atoms with Crippen LogP contribution in [0.5, 0.6) is 0 Å². The highest BCUT2D eigenvalue weighted by Gasteiger charge is 1.95. The van der Waals surface area contributed by atoms with Crippen LogP contribution in [0.4, 0.5) is 0 Å². The highest BCUT2D eigenvalue weighted by atomic mass is 16.5. The minimum Gasteiger partial charge on any atom is -0.381 e. The summed E-state index contributed by atoms with van der Waals surface area (Å²) >= 11 is 0. The molecule has 18 heavy (non-hydrogen) atoms. The van der Waals surface area contributed by atoms with Gasteiger partial charge in [0, 0.05) is 39.5 Å². The van der Waals surface area contributed by atoms with Crippen molar-refractivity contribution >= 4 is 0 Å². The quantitative estimate of drug-likeness (QED) is 0.722. The number of morpholine rings is 1. The second-order valence-corrected chi connectivity index (χ2v) is 4.71. The summed E-state index contributed by atoms with van der Waals surface area (Å²) in [6.45, 7) is 7.83. The Kier molecular flexibility index (Phi) is 11.7. The standard InChI is InChI=1S/C6H12O.C4H9NO.C4H8O/c1-2-4-6-7-5-3-1;1-3-6-4-2-5-1;1-2-4-5-3-1/h1-6H2;5H,1-4H2;1-4H2. The average molecular weight is 259 g/mol. The van der Waals surface area contributed by atoms with Crippen LogP contribution < -0.4 is 5.32 Å². The molecule has 1 N–H and O–H groups in total. The van der Waals surface area contributed by atoms with Gasteiger partial charge in [-0.05, 0) is 25.7 Å². The second-order valence-electron chi connectivity index (χ2n) is 4.71. The molecule has 0 aromatic rings. The SMILES string of the molecule is C1CCCOCC1.C1CCOC1.C1COCCN1. The summed E-state index contributed by atoms with van der Waals surface area (Å²) in [6.07, 6.45) is 7.86. The van der Waals surface area contributed by atoms with E-state index in [-0.39, 0.29) is 0 Å². The molecule has 3 aliphatic heterocycles. The van der Waals surface area contributed by atoms with E-state index in [2.05, 4.69) is 5.32 Å². The fourth-order valence-corrected chi connectivity index (χ4v) is 1.89. The fraction of sp³-hybridized carbons (Fsp3) is 1.00. The molecular formula is C14H29NO3. The molecule has 0 atom stereocenters. The van der Waals surface area contributed by atoms with Crippen LogP contribution in [0.1, 0.15) is 38.5 Å². The van der Waals surface area contributed by atoms with Gasteiger partial charge in [0.05, 0.1) is 13.2 Å². The summed E-state index contributed by atoms with van der Waals surface area (Å²) in [5, 5.41) is 3.16. The summed E-state index contributed by atoms with van der Waals surface area (Å²) in [5.41, 5.74) is 0. The van der Waals surface area contributed by atoms with Gasteiger partial charge in [0.2, 0.25) is 0 Å². The third-order valence-corrected chi connectivity index (χ3v) is 3.00. The zero-order valence-electron chi connectivity index (χ0n) is 11.6. The Morgan fingerprint density at radius 1 is 0.444 bits per heavy atom. The van der Waals surface area contributed by atoms with E-state index < -0.39 is 0 Å². The van der Waals surface area contributed by atoms with E-state index in [1.54, 1.807) is 0 Å². The molecule has 3 saturated heterocycles. The van der Waals surface area contributed by atoms with Crippen molar-refractivity contribution in [2.45, 2.75) is 38.5 Å². The van der Waals surface area contributed by atoms with Gasteiger partial charge in [0.1, 0.15) is 0 Å². The van der Waals surface area contributed by atoms with Gasteiger partial charge >= 0.3 is 0 Å². The molecule has 0 spiro atoms. The maximum Gasteiger partial charge on any atom is 0.0591 e. The lowest BCUT2D eigenvalue weighted by atomic mass is 10.2. The molecule has 108 valence electrons. The summed E-state index contributed by atoms with van der Waals surface area (Å²) < 4.78 is 15.1. The van der Waals surface area contributed by atoms with Crippen molar-refractivity contribution in [2.75, 3.05) is 52.7 Å². The topological polar surface area (TPSA) is 39.7 Å². The molecule has 0 amide bonds. The third-order valence-electron chi connectivity index (χ3n) is 3.00.